The fourth-order valence-corrected chi connectivity index (χ4v) is 3.77. The van der Waals surface area contributed by atoms with E-state index in [0.717, 1.165) is 63.4 Å². The second-order valence-electron chi connectivity index (χ2n) is 7.51. The number of morpholine rings is 1. The number of amides is 1. The molecule has 2 aromatic rings. The molecule has 1 atom stereocenters. The molecule has 3 heterocycles. The summed E-state index contributed by atoms with van der Waals surface area (Å²) in [6.07, 6.45) is 6.23. The number of rotatable bonds is 5. The molecule has 0 bridgehead atoms. The molecular weight excluding hydrogens is 368 g/mol. The SMILES string of the molecule is CCc1cnc(OC2CCCN(C(=O)c3ccc(N4CCOCC4)cc3)C2)nc1. The number of aryl methyl sites for hydroxylation is 1. The lowest BCUT2D eigenvalue weighted by molar-refractivity contribution is 0.0515. The Labute approximate surface area is 171 Å². The molecule has 2 fully saturated rings. The van der Waals surface area contributed by atoms with Crippen LogP contribution in [0.15, 0.2) is 36.7 Å². The Bertz CT molecular complexity index is 804. The first kappa shape index (κ1) is 19.6. The maximum atomic E-state index is 13.0. The van der Waals surface area contributed by atoms with E-state index in [0.29, 0.717) is 18.1 Å². The second kappa shape index (κ2) is 9.22. The Morgan fingerprint density at radius 2 is 1.86 bits per heavy atom. The van der Waals surface area contributed by atoms with Gasteiger partial charge >= 0.3 is 6.01 Å². The van der Waals surface area contributed by atoms with Gasteiger partial charge in [0.05, 0.1) is 19.8 Å². The van der Waals surface area contributed by atoms with E-state index < -0.39 is 0 Å². The molecule has 4 rings (SSSR count). The molecule has 29 heavy (non-hydrogen) atoms. The highest BCUT2D eigenvalue weighted by Crippen LogP contribution is 2.20. The lowest BCUT2D eigenvalue weighted by Crippen LogP contribution is -2.44. The van der Waals surface area contributed by atoms with Gasteiger partial charge in [0.2, 0.25) is 0 Å². The van der Waals surface area contributed by atoms with Crippen molar-refractivity contribution in [1.29, 1.82) is 0 Å². The molecule has 7 heteroatoms. The van der Waals surface area contributed by atoms with E-state index in [2.05, 4.69) is 21.8 Å². The maximum Gasteiger partial charge on any atom is 0.316 e. The van der Waals surface area contributed by atoms with Gasteiger partial charge in [-0.15, -0.1) is 0 Å². The summed E-state index contributed by atoms with van der Waals surface area (Å²) in [5.74, 6) is 0.0501. The molecule has 7 nitrogen and oxygen atoms in total. The molecule has 0 N–H and O–H groups in total. The summed E-state index contributed by atoms with van der Waals surface area (Å²) < 4.78 is 11.3. The van der Waals surface area contributed by atoms with Crippen molar-refractivity contribution in [3.8, 4) is 6.01 Å². The van der Waals surface area contributed by atoms with Crippen molar-refractivity contribution in [2.45, 2.75) is 32.3 Å². The van der Waals surface area contributed by atoms with E-state index in [1.807, 2.05) is 29.2 Å². The lowest BCUT2D eigenvalue weighted by atomic mass is 10.1. The number of carbonyl (C=O) groups is 1. The number of ether oxygens (including phenoxy) is 2. The van der Waals surface area contributed by atoms with Crippen LogP contribution < -0.4 is 9.64 Å². The number of hydrogen-bond acceptors (Lipinski definition) is 6. The molecule has 154 valence electrons. The van der Waals surface area contributed by atoms with E-state index in [1.165, 1.54) is 0 Å². The van der Waals surface area contributed by atoms with Crippen molar-refractivity contribution >= 4 is 11.6 Å². The van der Waals surface area contributed by atoms with Crippen molar-refractivity contribution in [1.82, 2.24) is 14.9 Å². The Hall–Kier alpha value is -2.67. The number of carbonyl (C=O) groups excluding carboxylic acids is 1. The zero-order valence-corrected chi connectivity index (χ0v) is 16.9. The topological polar surface area (TPSA) is 67.8 Å². The third-order valence-electron chi connectivity index (χ3n) is 5.52. The predicted molar refractivity (Wildman–Crippen MR) is 110 cm³/mol. The summed E-state index contributed by atoms with van der Waals surface area (Å²) >= 11 is 0. The van der Waals surface area contributed by atoms with Gasteiger partial charge in [0, 0.05) is 43.3 Å². The van der Waals surface area contributed by atoms with Gasteiger partial charge in [-0.05, 0) is 49.1 Å². The van der Waals surface area contributed by atoms with Gasteiger partial charge in [0.25, 0.3) is 5.91 Å². The molecular formula is C22H28N4O3. The van der Waals surface area contributed by atoms with Crippen LogP contribution in [0.2, 0.25) is 0 Å². The summed E-state index contributed by atoms with van der Waals surface area (Å²) in [7, 11) is 0. The van der Waals surface area contributed by atoms with Crippen molar-refractivity contribution in [3.05, 3.63) is 47.8 Å². The maximum absolute atomic E-state index is 13.0. The predicted octanol–water partition coefficient (Wildman–Crippen LogP) is 2.56. The molecule has 0 spiro atoms. The van der Waals surface area contributed by atoms with Crippen molar-refractivity contribution in [2.75, 3.05) is 44.3 Å². The molecule has 1 aromatic heterocycles. The molecule has 1 aromatic carbocycles. The molecule has 1 amide bonds. The Balaban J connectivity index is 1.36. The number of piperidine rings is 1. The number of hydrogen-bond donors (Lipinski definition) is 0. The molecule has 2 aliphatic rings. The van der Waals surface area contributed by atoms with E-state index in [4.69, 9.17) is 9.47 Å². The summed E-state index contributed by atoms with van der Waals surface area (Å²) in [4.78, 5) is 25.7. The fraction of sp³-hybridized carbons (Fsp3) is 0.500. The highest BCUT2D eigenvalue weighted by molar-refractivity contribution is 5.94. The summed E-state index contributed by atoms with van der Waals surface area (Å²) in [6.45, 7) is 6.65. The Morgan fingerprint density at radius 1 is 1.14 bits per heavy atom. The minimum atomic E-state index is -0.0761. The van der Waals surface area contributed by atoms with E-state index in [1.54, 1.807) is 12.4 Å². The monoisotopic (exact) mass is 396 g/mol. The van der Waals surface area contributed by atoms with E-state index in [9.17, 15) is 4.79 Å². The van der Waals surface area contributed by atoms with Crippen LogP contribution in [0.5, 0.6) is 6.01 Å². The number of anilines is 1. The quantitative estimate of drug-likeness (QED) is 0.774. The summed E-state index contributed by atoms with van der Waals surface area (Å²) in [6, 6.07) is 8.28. The highest BCUT2D eigenvalue weighted by Gasteiger charge is 2.26. The molecule has 0 aliphatic carbocycles. The Kier molecular flexibility index (Phi) is 6.24. The van der Waals surface area contributed by atoms with Gasteiger partial charge in [-0.2, -0.15) is 0 Å². The van der Waals surface area contributed by atoms with Crippen LogP contribution in [-0.2, 0) is 11.2 Å². The first-order valence-electron chi connectivity index (χ1n) is 10.4. The third kappa shape index (κ3) is 4.85. The van der Waals surface area contributed by atoms with Gasteiger partial charge in [0.1, 0.15) is 6.10 Å². The highest BCUT2D eigenvalue weighted by atomic mass is 16.5. The van der Waals surface area contributed by atoms with E-state index in [-0.39, 0.29) is 12.0 Å². The van der Waals surface area contributed by atoms with Gasteiger partial charge in [-0.25, -0.2) is 9.97 Å². The lowest BCUT2D eigenvalue weighted by Gasteiger charge is -2.32. The average Bonchev–Trinajstić information content (AvgIpc) is 2.80. The normalized spacial score (nSPS) is 19.8. The zero-order chi connectivity index (χ0) is 20.1. The molecule has 1 unspecified atom stereocenters. The van der Waals surface area contributed by atoms with Crippen LogP contribution in [0.25, 0.3) is 0 Å². The standard InChI is InChI=1S/C22H28N4O3/c1-2-17-14-23-22(24-15-17)29-20-4-3-9-26(16-20)21(27)18-5-7-19(8-6-18)25-10-12-28-13-11-25/h5-8,14-15,20H,2-4,9-13,16H2,1H3. The minimum absolute atomic E-state index is 0.0501. The molecule has 2 aliphatic heterocycles. The first-order valence-corrected chi connectivity index (χ1v) is 10.4. The van der Waals surface area contributed by atoms with E-state index >= 15 is 0 Å². The second-order valence-corrected chi connectivity index (χ2v) is 7.51. The van der Waals surface area contributed by atoms with Gasteiger partial charge in [-0.1, -0.05) is 6.92 Å². The van der Waals surface area contributed by atoms with Gasteiger partial charge in [0.15, 0.2) is 0 Å². The minimum Gasteiger partial charge on any atom is -0.458 e. The third-order valence-corrected chi connectivity index (χ3v) is 5.52. The van der Waals surface area contributed by atoms with Gasteiger partial charge < -0.3 is 19.3 Å². The van der Waals surface area contributed by atoms with Crippen LogP contribution in [0.3, 0.4) is 0 Å². The number of nitrogens with zero attached hydrogens (tertiary/aromatic N) is 4. The molecule has 0 saturated carbocycles. The first-order chi connectivity index (χ1) is 14.2. The molecule has 0 radical (unpaired) electrons. The van der Waals surface area contributed by atoms with Crippen LogP contribution in [0.1, 0.15) is 35.7 Å². The van der Waals surface area contributed by atoms with Crippen LogP contribution in [0, 0.1) is 0 Å². The smallest absolute Gasteiger partial charge is 0.316 e. The summed E-state index contributed by atoms with van der Waals surface area (Å²) in [5.41, 5.74) is 2.93. The average molecular weight is 396 g/mol. The van der Waals surface area contributed by atoms with Crippen LogP contribution in [0.4, 0.5) is 5.69 Å². The summed E-state index contributed by atoms with van der Waals surface area (Å²) in [5, 5.41) is 0. The largest absolute Gasteiger partial charge is 0.458 e. The van der Waals surface area contributed by atoms with Crippen molar-refractivity contribution < 1.29 is 14.3 Å². The fourth-order valence-electron chi connectivity index (χ4n) is 3.77. The van der Waals surface area contributed by atoms with Crippen molar-refractivity contribution in [3.63, 3.8) is 0 Å². The van der Waals surface area contributed by atoms with Crippen LogP contribution in [-0.4, -0.2) is 66.3 Å². The van der Waals surface area contributed by atoms with Gasteiger partial charge in [-0.3, -0.25) is 4.79 Å². The zero-order valence-electron chi connectivity index (χ0n) is 16.9. The van der Waals surface area contributed by atoms with Crippen LogP contribution >= 0.6 is 0 Å². The molecule has 2 saturated heterocycles. The number of aromatic nitrogens is 2. The number of likely N-dealkylation sites (tertiary alicyclic amines) is 1. The van der Waals surface area contributed by atoms with Crippen molar-refractivity contribution in [2.24, 2.45) is 0 Å². The number of benzene rings is 1. The Morgan fingerprint density at radius 3 is 2.55 bits per heavy atom.